The van der Waals surface area contributed by atoms with Crippen LogP contribution in [0.1, 0.15) is 29.0 Å². The highest BCUT2D eigenvalue weighted by molar-refractivity contribution is 8.18. The van der Waals surface area contributed by atoms with Gasteiger partial charge in [0.05, 0.1) is 10.5 Å². The van der Waals surface area contributed by atoms with E-state index >= 15 is 0 Å². The van der Waals surface area contributed by atoms with Crippen molar-refractivity contribution in [2.24, 2.45) is 5.92 Å². The first-order chi connectivity index (χ1) is 15.6. The Balaban J connectivity index is 1.27. The smallest absolute Gasteiger partial charge is 0.354 e. The fourth-order valence-corrected chi connectivity index (χ4v) is 4.46. The molecule has 1 aliphatic heterocycles. The Morgan fingerprint density at radius 3 is 2.39 bits per heavy atom. The van der Waals surface area contributed by atoms with Crippen LogP contribution < -0.4 is 5.32 Å². The average molecular weight is 478 g/mol. The van der Waals surface area contributed by atoms with Gasteiger partial charge in [-0.25, -0.2) is 4.39 Å². The summed E-state index contributed by atoms with van der Waals surface area (Å²) in [6.45, 7) is 0.0613. The zero-order valence-electron chi connectivity index (χ0n) is 17.1. The molecule has 2 atom stereocenters. The summed E-state index contributed by atoms with van der Waals surface area (Å²) in [7, 11) is 0. The third kappa shape index (κ3) is 5.27. The molecule has 33 heavy (non-hydrogen) atoms. The van der Waals surface area contributed by atoms with Crippen LogP contribution in [0.4, 0.5) is 22.4 Å². The van der Waals surface area contributed by atoms with Gasteiger partial charge in [0.2, 0.25) is 5.91 Å². The van der Waals surface area contributed by atoms with E-state index in [2.05, 4.69) is 5.32 Å². The van der Waals surface area contributed by atoms with Gasteiger partial charge in [0.25, 0.3) is 11.1 Å². The molecule has 0 spiro atoms. The highest BCUT2D eigenvalue weighted by Gasteiger charge is 2.44. The number of hydrogen-bond acceptors (Lipinski definition) is 4. The summed E-state index contributed by atoms with van der Waals surface area (Å²) in [5, 5.41) is 2.22. The molecule has 2 aromatic rings. The second-order valence-corrected chi connectivity index (χ2v) is 8.74. The number of amides is 3. The molecule has 2 fully saturated rings. The number of alkyl halides is 3. The van der Waals surface area contributed by atoms with Gasteiger partial charge < -0.3 is 5.32 Å². The van der Waals surface area contributed by atoms with Crippen molar-refractivity contribution in [2.45, 2.75) is 18.5 Å². The number of benzene rings is 2. The second kappa shape index (κ2) is 9.01. The number of nitrogens with one attached hydrogen (secondary N) is 1. The Morgan fingerprint density at radius 1 is 1.09 bits per heavy atom. The number of carbonyl (C=O) groups is 3. The van der Waals surface area contributed by atoms with Gasteiger partial charge in [-0.3, -0.25) is 19.3 Å². The predicted octanol–water partition coefficient (Wildman–Crippen LogP) is 4.80. The highest BCUT2D eigenvalue weighted by atomic mass is 32.2. The van der Waals surface area contributed by atoms with E-state index in [1.807, 2.05) is 0 Å². The number of nitrogens with zero attached hydrogens (tertiary/aromatic N) is 1. The van der Waals surface area contributed by atoms with Crippen molar-refractivity contribution in [1.82, 2.24) is 10.2 Å². The van der Waals surface area contributed by atoms with E-state index < -0.39 is 28.7 Å². The number of halogens is 4. The molecule has 4 rings (SSSR count). The predicted molar refractivity (Wildman–Crippen MR) is 114 cm³/mol. The number of imide groups is 1. The van der Waals surface area contributed by atoms with Crippen LogP contribution in [0.5, 0.6) is 0 Å². The van der Waals surface area contributed by atoms with Gasteiger partial charge in [-0.05, 0) is 65.6 Å². The maximum Gasteiger partial charge on any atom is 0.416 e. The molecule has 5 nitrogen and oxygen atoms in total. The lowest BCUT2D eigenvalue weighted by Gasteiger charge is -2.13. The molecule has 10 heteroatoms. The third-order valence-electron chi connectivity index (χ3n) is 5.47. The molecule has 0 radical (unpaired) electrons. The van der Waals surface area contributed by atoms with Gasteiger partial charge in [0, 0.05) is 19.0 Å². The van der Waals surface area contributed by atoms with E-state index in [0.29, 0.717) is 17.5 Å². The van der Waals surface area contributed by atoms with Crippen LogP contribution in [0.3, 0.4) is 0 Å². The Labute approximate surface area is 190 Å². The van der Waals surface area contributed by atoms with Crippen molar-refractivity contribution >= 4 is 34.9 Å². The van der Waals surface area contributed by atoms with Crippen LogP contribution >= 0.6 is 11.8 Å². The van der Waals surface area contributed by atoms with Gasteiger partial charge in [0.15, 0.2) is 0 Å². The van der Waals surface area contributed by atoms with E-state index in [4.69, 9.17) is 0 Å². The monoisotopic (exact) mass is 478 g/mol. The lowest BCUT2D eigenvalue weighted by molar-refractivity contribution is -0.137. The average Bonchev–Trinajstić information content (AvgIpc) is 3.53. The van der Waals surface area contributed by atoms with Crippen molar-refractivity contribution in [1.29, 1.82) is 0 Å². The number of rotatable bonds is 6. The molecule has 1 N–H and O–H groups in total. The maximum atomic E-state index is 13.0. The molecule has 2 aromatic carbocycles. The van der Waals surface area contributed by atoms with Crippen LogP contribution in [-0.4, -0.2) is 35.0 Å². The fourth-order valence-electron chi connectivity index (χ4n) is 3.60. The van der Waals surface area contributed by atoms with Gasteiger partial charge in [0.1, 0.15) is 5.82 Å². The Hall–Kier alpha value is -3.14. The molecular formula is C23H18F4N2O3S. The minimum atomic E-state index is -4.41. The molecule has 1 saturated carbocycles. The summed E-state index contributed by atoms with van der Waals surface area (Å²) in [5.41, 5.74) is 0.511. The molecule has 1 saturated heterocycles. The van der Waals surface area contributed by atoms with Crippen molar-refractivity contribution in [3.8, 4) is 0 Å². The lowest BCUT2D eigenvalue weighted by atomic mass is 10.1. The standard InChI is InChI=1S/C23H18F4N2O3S/c24-16-7-1-13(2-8-16)11-19-21(31)29(22(32)33-19)10-9-28-20(30)18-12-17(18)14-3-5-15(6-4-14)23(25,26)27/h1-8,11,17-18H,9-10,12H2,(H,28,30)/b19-11+. The van der Waals surface area contributed by atoms with E-state index in [1.165, 1.54) is 42.5 Å². The zero-order chi connectivity index (χ0) is 23.8. The first-order valence-electron chi connectivity index (χ1n) is 10.1. The quantitative estimate of drug-likeness (QED) is 0.479. The van der Waals surface area contributed by atoms with Gasteiger partial charge in [-0.2, -0.15) is 13.2 Å². The number of hydrogen-bond donors (Lipinski definition) is 1. The molecule has 2 unspecified atom stereocenters. The highest BCUT2D eigenvalue weighted by Crippen LogP contribution is 2.48. The maximum absolute atomic E-state index is 13.0. The van der Waals surface area contributed by atoms with E-state index in [9.17, 15) is 31.9 Å². The van der Waals surface area contributed by atoms with E-state index in [-0.39, 0.29) is 35.7 Å². The first kappa shape index (κ1) is 23.0. The van der Waals surface area contributed by atoms with Crippen LogP contribution in [-0.2, 0) is 15.8 Å². The summed E-state index contributed by atoms with van der Waals surface area (Å²) in [5.74, 6) is -1.67. The second-order valence-electron chi connectivity index (χ2n) is 7.74. The van der Waals surface area contributed by atoms with Crippen LogP contribution in [0.2, 0.25) is 0 Å². The van der Waals surface area contributed by atoms with E-state index in [1.54, 1.807) is 0 Å². The topological polar surface area (TPSA) is 66.5 Å². The summed E-state index contributed by atoms with van der Waals surface area (Å²) in [6, 6.07) is 10.3. The van der Waals surface area contributed by atoms with Crippen molar-refractivity contribution in [2.75, 3.05) is 13.1 Å². The van der Waals surface area contributed by atoms with Crippen molar-refractivity contribution in [3.63, 3.8) is 0 Å². The molecular weight excluding hydrogens is 460 g/mol. The third-order valence-corrected chi connectivity index (χ3v) is 6.38. The van der Waals surface area contributed by atoms with Crippen molar-refractivity contribution in [3.05, 3.63) is 75.9 Å². The zero-order valence-corrected chi connectivity index (χ0v) is 17.9. The fraction of sp³-hybridized carbons (Fsp3) is 0.261. The first-order valence-corrected chi connectivity index (χ1v) is 10.9. The van der Waals surface area contributed by atoms with Gasteiger partial charge in [-0.15, -0.1) is 0 Å². The summed E-state index contributed by atoms with van der Waals surface area (Å²) >= 11 is 0.771. The SMILES string of the molecule is O=C(NCCN1C(=O)S/C(=C/c2ccc(F)cc2)C1=O)C1CC1c1ccc(C(F)(F)F)cc1. The normalized spacial score (nSPS) is 21.6. The van der Waals surface area contributed by atoms with Crippen LogP contribution in [0.15, 0.2) is 53.4 Å². The molecule has 2 aliphatic rings. The Morgan fingerprint density at radius 2 is 1.76 bits per heavy atom. The van der Waals surface area contributed by atoms with Gasteiger partial charge >= 0.3 is 6.18 Å². The molecule has 0 bridgehead atoms. The lowest BCUT2D eigenvalue weighted by Crippen LogP contribution is -2.37. The largest absolute Gasteiger partial charge is 0.416 e. The summed E-state index contributed by atoms with van der Waals surface area (Å²) < 4.78 is 51.0. The van der Waals surface area contributed by atoms with Crippen LogP contribution in [0, 0.1) is 11.7 Å². The number of thioether (sulfide) groups is 1. The molecule has 0 aromatic heterocycles. The Bertz CT molecular complexity index is 1110. The summed E-state index contributed by atoms with van der Waals surface area (Å²) in [6.07, 6.45) is -2.38. The molecule has 3 amide bonds. The van der Waals surface area contributed by atoms with Gasteiger partial charge in [-0.1, -0.05) is 24.3 Å². The number of carbonyl (C=O) groups excluding carboxylic acids is 3. The molecule has 1 heterocycles. The van der Waals surface area contributed by atoms with Crippen LogP contribution in [0.25, 0.3) is 6.08 Å². The Kier molecular flexibility index (Phi) is 6.29. The van der Waals surface area contributed by atoms with E-state index in [0.717, 1.165) is 28.8 Å². The minimum Gasteiger partial charge on any atom is -0.354 e. The summed E-state index contributed by atoms with van der Waals surface area (Å²) in [4.78, 5) is 38.3. The molecule has 172 valence electrons. The minimum absolute atomic E-state index is 0.00513. The van der Waals surface area contributed by atoms with Crippen molar-refractivity contribution < 1.29 is 31.9 Å². The molecule has 1 aliphatic carbocycles.